The second kappa shape index (κ2) is 5.73. The van der Waals surface area contributed by atoms with E-state index in [1.807, 2.05) is 36.4 Å². The molecule has 0 aliphatic heterocycles. The minimum Gasteiger partial charge on any atom is -0.393 e. The molecule has 2 fully saturated rings. The third-order valence-corrected chi connectivity index (χ3v) is 5.35. The number of carbonyl (C=O) groups is 1. The molecule has 128 valence electrons. The summed E-state index contributed by atoms with van der Waals surface area (Å²) in [5.74, 6) is 0.363. The SMILES string of the molecule is Cn1cc([C@H](NC(=O)C2(Cn3cccn3)CC2)C2CC(O)C2)cn1. The number of aryl methyl sites for hydroxylation is 1. The van der Waals surface area contributed by atoms with E-state index in [4.69, 9.17) is 0 Å². The van der Waals surface area contributed by atoms with Gasteiger partial charge in [0.25, 0.3) is 0 Å². The molecule has 4 rings (SSSR count). The molecule has 0 spiro atoms. The van der Waals surface area contributed by atoms with Gasteiger partial charge in [0.05, 0.1) is 30.3 Å². The highest BCUT2D eigenvalue weighted by Gasteiger charge is 2.51. The molecule has 2 aliphatic rings. The van der Waals surface area contributed by atoms with Crippen molar-refractivity contribution in [2.24, 2.45) is 18.4 Å². The van der Waals surface area contributed by atoms with Crippen LogP contribution >= 0.6 is 0 Å². The minimum absolute atomic E-state index is 0.0790. The maximum absolute atomic E-state index is 12.9. The van der Waals surface area contributed by atoms with Gasteiger partial charge < -0.3 is 10.4 Å². The van der Waals surface area contributed by atoms with E-state index in [0.717, 1.165) is 31.2 Å². The van der Waals surface area contributed by atoms with Gasteiger partial charge in [-0.2, -0.15) is 10.2 Å². The highest BCUT2D eigenvalue weighted by Crippen LogP contribution is 2.48. The first-order chi connectivity index (χ1) is 11.6. The molecular formula is C17H23N5O2. The molecule has 2 aliphatic carbocycles. The summed E-state index contributed by atoms with van der Waals surface area (Å²) in [5.41, 5.74) is 0.673. The molecule has 0 radical (unpaired) electrons. The minimum atomic E-state index is -0.338. The van der Waals surface area contributed by atoms with Crippen LogP contribution in [0.4, 0.5) is 0 Å². The Labute approximate surface area is 140 Å². The molecule has 24 heavy (non-hydrogen) atoms. The third kappa shape index (κ3) is 2.84. The number of carbonyl (C=O) groups excluding carboxylic acids is 1. The van der Waals surface area contributed by atoms with Crippen LogP contribution in [-0.4, -0.2) is 36.7 Å². The van der Waals surface area contributed by atoms with Gasteiger partial charge in [-0.3, -0.25) is 14.2 Å². The number of aliphatic hydroxyl groups is 1. The monoisotopic (exact) mass is 329 g/mol. The fraction of sp³-hybridized carbons (Fsp3) is 0.588. The van der Waals surface area contributed by atoms with Crippen LogP contribution in [0.25, 0.3) is 0 Å². The fourth-order valence-electron chi connectivity index (χ4n) is 3.58. The standard InChI is InChI=1S/C17H23N5O2/c1-21-10-13(9-19-21)15(12-7-14(23)8-12)20-16(24)17(3-4-17)11-22-6-2-5-18-22/h2,5-6,9-10,12,14-15,23H,3-4,7-8,11H2,1H3,(H,20,24)/t12?,14?,15-/m1/s1. The van der Waals surface area contributed by atoms with E-state index < -0.39 is 0 Å². The smallest absolute Gasteiger partial charge is 0.228 e. The van der Waals surface area contributed by atoms with Gasteiger partial charge in [-0.1, -0.05) is 0 Å². The molecule has 7 nitrogen and oxygen atoms in total. The van der Waals surface area contributed by atoms with E-state index >= 15 is 0 Å². The largest absolute Gasteiger partial charge is 0.393 e. The normalized spacial score (nSPS) is 25.8. The molecule has 2 aromatic heterocycles. The molecule has 7 heteroatoms. The van der Waals surface area contributed by atoms with Gasteiger partial charge in [-0.15, -0.1) is 0 Å². The number of hydrogen-bond donors (Lipinski definition) is 2. The summed E-state index contributed by atoms with van der Waals surface area (Å²) in [4.78, 5) is 12.9. The van der Waals surface area contributed by atoms with Gasteiger partial charge in [0.1, 0.15) is 0 Å². The van der Waals surface area contributed by atoms with Crippen molar-refractivity contribution < 1.29 is 9.90 Å². The van der Waals surface area contributed by atoms with Gasteiger partial charge in [0, 0.05) is 31.2 Å². The van der Waals surface area contributed by atoms with Crippen molar-refractivity contribution in [1.29, 1.82) is 0 Å². The lowest BCUT2D eigenvalue weighted by Crippen LogP contribution is -2.44. The quantitative estimate of drug-likeness (QED) is 0.829. The second-order valence-corrected chi connectivity index (χ2v) is 7.27. The van der Waals surface area contributed by atoms with Crippen molar-refractivity contribution in [2.75, 3.05) is 0 Å². The molecular weight excluding hydrogens is 306 g/mol. The van der Waals surface area contributed by atoms with Crippen LogP contribution in [0.1, 0.15) is 37.3 Å². The molecule has 0 bridgehead atoms. The van der Waals surface area contributed by atoms with Crippen LogP contribution in [0.5, 0.6) is 0 Å². The lowest BCUT2D eigenvalue weighted by molar-refractivity contribution is -0.129. The number of amides is 1. The zero-order valence-electron chi connectivity index (χ0n) is 13.8. The average Bonchev–Trinajstić information content (AvgIpc) is 2.92. The highest BCUT2D eigenvalue weighted by atomic mass is 16.3. The third-order valence-electron chi connectivity index (χ3n) is 5.35. The fourth-order valence-corrected chi connectivity index (χ4v) is 3.58. The predicted octanol–water partition coefficient (Wildman–Crippen LogP) is 1.03. The molecule has 2 aromatic rings. The number of aromatic nitrogens is 4. The Morgan fingerprint density at radius 1 is 1.46 bits per heavy atom. The van der Waals surface area contributed by atoms with E-state index in [0.29, 0.717) is 6.54 Å². The number of hydrogen-bond acceptors (Lipinski definition) is 4. The Balaban J connectivity index is 1.49. The van der Waals surface area contributed by atoms with Crippen molar-refractivity contribution >= 4 is 5.91 Å². The van der Waals surface area contributed by atoms with E-state index in [1.54, 1.807) is 10.9 Å². The van der Waals surface area contributed by atoms with Gasteiger partial charge in [0.2, 0.25) is 5.91 Å². The van der Waals surface area contributed by atoms with Crippen LogP contribution < -0.4 is 5.32 Å². The van der Waals surface area contributed by atoms with E-state index in [2.05, 4.69) is 15.5 Å². The second-order valence-electron chi connectivity index (χ2n) is 7.27. The van der Waals surface area contributed by atoms with Gasteiger partial charge in [-0.25, -0.2) is 0 Å². The molecule has 0 unspecified atom stereocenters. The first-order valence-corrected chi connectivity index (χ1v) is 8.51. The van der Waals surface area contributed by atoms with Crippen molar-refractivity contribution in [3.8, 4) is 0 Å². The van der Waals surface area contributed by atoms with Crippen LogP contribution in [0, 0.1) is 11.3 Å². The lowest BCUT2D eigenvalue weighted by atomic mass is 9.75. The molecule has 2 heterocycles. The van der Waals surface area contributed by atoms with Crippen LogP contribution in [0.2, 0.25) is 0 Å². The van der Waals surface area contributed by atoms with Crippen LogP contribution in [-0.2, 0) is 18.4 Å². The zero-order chi connectivity index (χ0) is 16.7. The van der Waals surface area contributed by atoms with E-state index in [1.165, 1.54) is 0 Å². The predicted molar refractivity (Wildman–Crippen MR) is 86.7 cm³/mol. The molecule has 0 saturated heterocycles. The number of rotatable bonds is 6. The molecule has 0 aromatic carbocycles. The van der Waals surface area contributed by atoms with Crippen molar-refractivity contribution in [2.45, 2.75) is 44.4 Å². The van der Waals surface area contributed by atoms with Crippen molar-refractivity contribution in [3.63, 3.8) is 0 Å². The van der Waals surface area contributed by atoms with Crippen LogP contribution in [0.15, 0.2) is 30.9 Å². The maximum atomic E-state index is 12.9. The molecule has 1 amide bonds. The Morgan fingerprint density at radius 2 is 2.25 bits per heavy atom. The van der Waals surface area contributed by atoms with Gasteiger partial charge >= 0.3 is 0 Å². The van der Waals surface area contributed by atoms with Crippen LogP contribution in [0.3, 0.4) is 0 Å². The number of aliphatic hydroxyl groups excluding tert-OH is 1. The number of nitrogens with zero attached hydrogens (tertiary/aromatic N) is 4. The highest BCUT2D eigenvalue weighted by molar-refractivity contribution is 5.85. The summed E-state index contributed by atoms with van der Waals surface area (Å²) in [6, 6.07) is 1.80. The Bertz CT molecular complexity index is 713. The van der Waals surface area contributed by atoms with Gasteiger partial charge in [0.15, 0.2) is 0 Å². The first kappa shape index (κ1) is 15.4. The topological polar surface area (TPSA) is 85.0 Å². The Morgan fingerprint density at radius 3 is 2.79 bits per heavy atom. The Hall–Kier alpha value is -2.15. The zero-order valence-corrected chi connectivity index (χ0v) is 13.8. The maximum Gasteiger partial charge on any atom is 0.228 e. The summed E-state index contributed by atoms with van der Waals surface area (Å²) in [5, 5.41) is 21.4. The molecule has 2 N–H and O–H groups in total. The van der Waals surface area contributed by atoms with E-state index in [-0.39, 0.29) is 29.4 Å². The van der Waals surface area contributed by atoms with Crippen molar-refractivity contribution in [1.82, 2.24) is 24.9 Å². The first-order valence-electron chi connectivity index (χ1n) is 8.51. The average molecular weight is 329 g/mol. The summed E-state index contributed by atoms with van der Waals surface area (Å²) in [7, 11) is 1.87. The Kier molecular flexibility index (Phi) is 3.68. The van der Waals surface area contributed by atoms with Crippen molar-refractivity contribution in [3.05, 3.63) is 36.4 Å². The molecule has 2 saturated carbocycles. The molecule has 1 atom stereocenters. The summed E-state index contributed by atoms with van der Waals surface area (Å²) >= 11 is 0. The lowest BCUT2D eigenvalue weighted by Gasteiger charge is -2.38. The summed E-state index contributed by atoms with van der Waals surface area (Å²) < 4.78 is 3.58. The van der Waals surface area contributed by atoms with Gasteiger partial charge in [-0.05, 0) is 37.7 Å². The summed E-state index contributed by atoms with van der Waals surface area (Å²) in [6.07, 6.45) is 10.4. The summed E-state index contributed by atoms with van der Waals surface area (Å²) in [6.45, 7) is 0.624. The number of nitrogens with one attached hydrogen (secondary N) is 1. The van der Waals surface area contributed by atoms with E-state index in [9.17, 15) is 9.90 Å².